The van der Waals surface area contributed by atoms with E-state index in [9.17, 15) is 14.4 Å². The molecule has 0 aliphatic carbocycles. The molecule has 0 bridgehead atoms. The van der Waals surface area contributed by atoms with Gasteiger partial charge in [0, 0.05) is 5.02 Å². The lowest BCUT2D eigenvalue weighted by Crippen LogP contribution is -2.27. The van der Waals surface area contributed by atoms with Gasteiger partial charge in [-0.05, 0) is 60.2 Å². The van der Waals surface area contributed by atoms with Gasteiger partial charge in [-0.3, -0.25) is 14.5 Å². The molecule has 8 heteroatoms. The number of hydrogen-bond acceptors (Lipinski definition) is 6. The average Bonchev–Trinajstić information content (AvgIpc) is 2.95. The van der Waals surface area contributed by atoms with E-state index in [1.165, 1.54) is 4.90 Å². The number of thioether (sulfide) groups is 1. The molecule has 2 aromatic rings. The van der Waals surface area contributed by atoms with Crippen molar-refractivity contribution in [2.75, 3.05) is 13.2 Å². The van der Waals surface area contributed by atoms with Crippen molar-refractivity contribution < 1.29 is 23.9 Å². The maximum absolute atomic E-state index is 12.6. The molecule has 0 unspecified atom stereocenters. The number of carbonyl (C=O) groups excluding carboxylic acids is 3. The van der Waals surface area contributed by atoms with Gasteiger partial charge in [-0.2, -0.15) is 0 Å². The van der Waals surface area contributed by atoms with E-state index in [2.05, 4.69) is 0 Å². The van der Waals surface area contributed by atoms with Crippen LogP contribution in [0.4, 0.5) is 4.79 Å². The first kappa shape index (κ1) is 21.0. The quantitative estimate of drug-likeness (QED) is 0.474. The Hall–Kier alpha value is -2.77. The van der Waals surface area contributed by atoms with Crippen LogP contribution in [0.2, 0.25) is 5.02 Å². The number of carbonyl (C=O) groups is 3. The van der Waals surface area contributed by atoms with Gasteiger partial charge in [0.05, 0.1) is 18.1 Å². The second-order valence-corrected chi connectivity index (χ2v) is 7.49. The number of amides is 2. The molecule has 0 atom stereocenters. The Morgan fingerprint density at radius 2 is 1.93 bits per heavy atom. The SMILES string of the molecule is CCOC(=O)COc1ccc(/C=C2\SC(=O)N(Cc3cccc(Cl)c3)C2=O)cc1. The Morgan fingerprint density at radius 1 is 1.17 bits per heavy atom. The van der Waals surface area contributed by atoms with E-state index in [-0.39, 0.29) is 24.3 Å². The molecule has 1 aliphatic heterocycles. The van der Waals surface area contributed by atoms with Crippen molar-refractivity contribution in [3.63, 3.8) is 0 Å². The van der Waals surface area contributed by atoms with E-state index in [1.54, 1.807) is 55.5 Å². The van der Waals surface area contributed by atoms with Crippen LogP contribution in [-0.4, -0.2) is 35.2 Å². The minimum atomic E-state index is -0.440. The number of ether oxygens (including phenoxy) is 2. The number of imide groups is 1. The first-order valence-electron chi connectivity index (χ1n) is 8.84. The summed E-state index contributed by atoms with van der Waals surface area (Å²) in [5.41, 5.74) is 1.52. The van der Waals surface area contributed by atoms with E-state index in [1.807, 2.05) is 6.07 Å². The molecule has 3 rings (SSSR count). The van der Waals surface area contributed by atoms with Gasteiger partial charge in [0.25, 0.3) is 11.1 Å². The van der Waals surface area contributed by atoms with Gasteiger partial charge in [-0.1, -0.05) is 35.9 Å². The van der Waals surface area contributed by atoms with Gasteiger partial charge in [-0.25, -0.2) is 4.79 Å². The predicted octanol–water partition coefficient (Wildman–Crippen LogP) is 4.52. The number of halogens is 1. The van der Waals surface area contributed by atoms with Crippen LogP contribution in [0.15, 0.2) is 53.4 Å². The molecule has 1 fully saturated rings. The number of benzene rings is 2. The van der Waals surface area contributed by atoms with Crippen LogP contribution in [-0.2, 0) is 20.9 Å². The summed E-state index contributed by atoms with van der Waals surface area (Å²) in [5, 5.41) is 0.228. The van der Waals surface area contributed by atoms with Crippen LogP contribution in [0.5, 0.6) is 5.75 Å². The van der Waals surface area contributed by atoms with Gasteiger partial charge in [0.1, 0.15) is 5.75 Å². The molecule has 1 heterocycles. The highest BCUT2D eigenvalue weighted by Crippen LogP contribution is 2.33. The first-order valence-corrected chi connectivity index (χ1v) is 10.0. The lowest BCUT2D eigenvalue weighted by molar-refractivity contribution is -0.145. The summed E-state index contributed by atoms with van der Waals surface area (Å²) >= 11 is 6.86. The van der Waals surface area contributed by atoms with Crippen LogP contribution < -0.4 is 4.74 Å². The molecule has 1 saturated heterocycles. The molecule has 150 valence electrons. The van der Waals surface area contributed by atoms with Crippen LogP contribution in [0.3, 0.4) is 0 Å². The number of nitrogens with zero attached hydrogens (tertiary/aromatic N) is 1. The predicted molar refractivity (Wildman–Crippen MR) is 112 cm³/mol. The van der Waals surface area contributed by atoms with E-state index in [0.717, 1.165) is 22.9 Å². The third-order valence-electron chi connectivity index (χ3n) is 3.94. The summed E-state index contributed by atoms with van der Waals surface area (Å²) in [6, 6.07) is 13.9. The van der Waals surface area contributed by atoms with E-state index >= 15 is 0 Å². The van der Waals surface area contributed by atoms with Gasteiger partial charge in [-0.15, -0.1) is 0 Å². The van der Waals surface area contributed by atoms with Crippen molar-refractivity contribution in [3.8, 4) is 5.75 Å². The van der Waals surface area contributed by atoms with Crippen LogP contribution >= 0.6 is 23.4 Å². The summed E-state index contributed by atoms with van der Waals surface area (Å²) < 4.78 is 10.1. The van der Waals surface area contributed by atoms with Gasteiger partial charge >= 0.3 is 5.97 Å². The lowest BCUT2D eigenvalue weighted by Gasteiger charge is -2.12. The Bertz CT molecular complexity index is 958. The highest BCUT2D eigenvalue weighted by molar-refractivity contribution is 8.18. The molecule has 0 N–H and O–H groups in total. The fourth-order valence-electron chi connectivity index (χ4n) is 2.61. The molecule has 6 nitrogen and oxygen atoms in total. The van der Waals surface area contributed by atoms with Gasteiger partial charge in [0.15, 0.2) is 6.61 Å². The highest BCUT2D eigenvalue weighted by atomic mass is 35.5. The van der Waals surface area contributed by atoms with Crippen LogP contribution in [0.1, 0.15) is 18.1 Å². The Labute approximate surface area is 177 Å². The number of hydrogen-bond donors (Lipinski definition) is 0. The molecular formula is C21H18ClNO5S. The van der Waals surface area contributed by atoms with E-state index in [0.29, 0.717) is 22.3 Å². The van der Waals surface area contributed by atoms with Crippen molar-refractivity contribution >= 4 is 46.6 Å². The summed E-state index contributed by atoms with van der Waals surface area (Å²) in [4.78, 5) is 37.7. The zero-order chi connectivity index (χ0) is 20.8. The molecule has 0 aromatic heterocycles. The van der Waals surface area contributed by atoms with Gasteiger partial charge in [0.2, 0.25) is 0 Å². The van der Waals surface area contributed by atoms with E-state index < -0.39 is 5.97 Å². The summed E-state index contributed by atoms with van der Waals surface area (Å²) in [5.74, 6) is -0.281. The average molecular weight is 432 g/mol. The van der Waals surface area contributed by atoms with Crippen molar-refractivity contribution in [1.82, 2.24) is 4.90 Å². The third-order valence-corrected chi connectivity index (χ3v) is 5.09. The van der Waals surface area contributed by atoms with Crippen molar-refractivity contribution in [2.24, 2.45) is 0 Å². The fraction of sp³-hybridized carbons (Fsp3) is 0.190. The summed E-state index contributed by atoms with van der Waals surface area (Å²) in [6.07, 6.45) is 1.65. The normalized spacial score (nSPS) is 15.1. The standard InChI is InChI=1S/C21H18ClNO5S/c1-2-27-19(24)13-28-17-8-6-14(7-9-17)11-18-20(25)23(21(26)29-18)12-15-4-3-5-16(22)10-15/h3-11H,2,12-13H2,1H3/b18-11-. The Kier molecular flexibility index (Phi) is 6.95. The molecule has 1 aliphatic rings. The lowest BCUT2D eigenvalue weighted by atomic mass is 10.2. The van der Waals surface area contributed by atoms with Crippen molar-refractivity contribution in [3.05, 3.63) is 69.6 Å². The fourth-order valence-corrected chi connectivity index (χ4v) is 3.66. The van der Waals surface area contributed by atoms with E-state index in [4.69, 9.17) is 21.1 Å². The summed E-state index contributed by atoms with van der Waals surface area (Å²) in [6.45, 7) is 2.02. The monoisotopic (exact) mass is 431 g/mol. The zero-order valence-electron chi connectivity index (χ0n) is 15.6. The van der Waals surface area contributed by atoms with Crippen molar-refractivity contribution in [1.29, 1.82) is 0 Å². The molecule has 29 heavy (non-hydrogen) atoms. The first-order chi connectivity index (χ1) is 14.0. The Balaban J connectivity index is 1.65. The second kappa shape index (κ2) is 9.62. The molecule has 0 radical (unpaired) electrons. The highest BCUT2D eigenvalue weighted by Gasteiger charge is 2.34. The largest absolute Gasteiger partial charge is 0.482 e. The Morgan fingerprint density at radius 3 is 2.62 bits per heavy atom. The summed E-state index contributed by atoms with van der Waals surface area (Å²) in [7, 11) is 0. The molecule has 0 saturated carbocycles. The smallest absolute Gasteiger partial charge is 0.344 e. The maximum atomic E-state index is 12.6. The molecular weight excluding hydrogens is 414 g/mol. The second-order valence-electron chi connectivity index (χ2n) is 6.06. The third kappa shape index (κ3) is 5.62. The molecule has 2 aromatic carbocycles. The minimum Gasteiger partial charge on any atom is -0.482 e. The van der Waals surface area contributed by atoms with Crippen molar-refractivity contribution in [2.45, 2.75) is 13.5 Å². The number of rotatable bonds is 7. The number of esters is 1. The maximum Gasteiger partial charge on any atom is 0.344 e. The minimum absolute atomic E-state index is 0.170. The zero-order valence-corrected chi connectivity index (χ0v) is 17.2. The molecule has 2 amide bonds. The topological polar surface area (TPSA) is 72.9 Å². The van der Waals surface area contributed by atoms with Gasteiger partial charge < -0.3 is 9.47 Å². The molecule has 0 spiro atoms. The van der Waals surface area contributed by atoms with Crippen LogP contribution in [0, 0.1) is 0 Å². The van der Waals surface area contributed by atoms with Crippen LogP contribution in [0.25, 0.3) is 6.08 Å².